The third-order valence-corrected chi connectivity index (χ3v) is 4.86. The van der Waals surface area contributed by atoms with E-state index in [0.29, 0.717) is 5.92 Å². The van der Waals surface area contributed by atoms with Crippen molar-refractivity contribution in [2.45, 2.75) is 43.7 Å². The molecule has 104 valence electrons. The van der Waals surface area contributed by atoms with Crippen LogP contribution < -0.4 is 10.1 Å². The topological polar surface area (TPSA) is 41.5 Å². The fourth-order valence-electron chi connectivity index (χ4n) is 3.78. The summed E-state index contributed by atoms with van der Waals surface area (Å²) in [5.74, 6) is 1.24. The third kappa shape index (κ3) is 2.37. The number of hydrogen-bond acceptors (Lipinski definition) is 3. The van der Waals surface area contributed by atoms with Gasteiger partial charge in [-0.2, -0.15) is 0 Å². The molecule has 1 heterocycles. The molecule has 1 aromatic carbocycles. The van der Waals surface area contributed by atoms with E-state index in [9.17, 15) is 5.11 Å². The van der Waals surface area contributed by atoms with Crippen molar-refractivity contribution in [3.8, 4) is 5.75 Å². The van der Waals surface area contributed by atoms with E-state index < -0.39 is 5.60 Å². The minimum Gasteiger partial charge on any atom is -0.497 e. The van der Waals surface area contributed by atoms with E-state index in [1.54, 1.807) is 7.11 Å². The van der Waals surface area contributed by atoms with E-state index in [1.807, 2.05) is 12.1 Å². The van der Waals surface area contributed by atoms with E-state index in [4.69, 9.17) is 4.74 Å². The van der Waals surface area contributed by atoms with Crippen LogP contribution >= 0.6 is 0 Å². The summed E-state index contributed by atoms with van der Waals surface area (Å²) in [5, 5.41) is 14.5. The lowest BCUT2D eigenvalue weighted by molar-refractivity contribution is -0.0861. The van der Waals surface area contributed by atoms with Gasteiger partial charge < -0.3 is 15.2 Å². The number of rotatable bonds is 2. The van der Waals surface area contributed by atoms with E-state index in [-0.39, 0.29) is 6.04 Å². The molecule has 3 nitrogen and oxygen atoms in total. The lowest BCUT2D eigenvalue weighted by Gasteiger charge is -2.48. The number of hydrogen-bond donors (Lipinski definition) is 2. The number of aliphatic hydroxyl groups is 1. The maximum Gasteiger partial charge on any atom is 0.118 e. The molecule has 0 aromatic heterocycles. The van der Waals surface area contributed by atoms with Crippen LogP contribution in [0, 0.1) is 5.92 Å². The van der Waals surface area contributed by atoms with Crippen molar-refractivity contribution in [1.82, 2.24) is 5.32 Å². The minimum atomic E-state index is -0.450. The molecule has 3 atom stereocenters. The Balaban J connectivity index is 1.85. The van der Waals surface area contributed by atoms with Gasteiger partial charge in [-0.05, 0) is 43.5 Å². The predicted molar refractivity (Wildman–Crippen MR) is 75.3 cm³/mol. The number of benzene rings is 1. The summed E-state index contributed by atoms with van der Waals surface area (Å²) in [4.78, 5) is 0. The fraction of sp³-hybridized carbons (Fsp3) is 0.625. The first-order valence-electron chi connectivity index (χ1n) is 7.33. The second kappa shape index (κ2) is 5.14. The lowest BCUT2D eigenvalue weighted by Crippen LogP contribution is -2.53. The molecular weight excluding hydrogens is 238 g/mol. The van der Waals surface area contributed by atoms with Gasteiger partial charge in [-0.15, -0.1) is 0 Å². The van der Waals surface area contributed by atoms with Gasteiger partial charge in [-0.25, -0.2) is 0 Å². The van der Waals surface area contributed by atoms with Gasteiger partial charge >= 0.3 is 0 Å². The van der Waals surface area contributed by atoms with Crippen molar-refractivity contribution in [3.05, 3.63) is 29.8 Å². The Bertz CT molecular complexity index is 427. The number of nitrogens with one attached hydrogen (secondary N) is 1. The molecule has 3 heteroatoms. The molecule has 0 spiro atoms. The minimum absolute atomic E-state index is 0.282. The molecule has 1 saturated heterocycles. The maximum absolute atomic E-state index is 10.9. The van der Waals surface area contributed by atoms with Gasteiger partial charge in [0.2, 0.25) is 0 Å². The predicted octanol–water partition coefficient (Wildman–Crippen LogP) is 2.65. The average molecular weight is 261 g/mol. The highest BCUT2D eigenvalue weighted by Crippen LogP contribution is 2.45. The second-order valence-corrected chi connectivity index (χ2v) is 5.91. The number of ether oxygens (including phenoxy) is 1. The van der Waals surface area contributed by atoms with Crippen LogP contribution in [0.25, 0.3) is 0 Å². The van der Waals surface area contributed by atoms with E-state index in [0.717, 1.165) is 31.6 Å². The third-order valence-electron chi connectivity index (χ3n) is 4.86. The van der Waals surface area contributed by atoms with Crippen molar-refractivity contribution in [3.63, 3.8) is 0 Å². The van der Waals surface area contributed by atoms with Crippen LogP contribution in [0.4, 0.5) is 0 Å². The Kier molecular flexibility index (Phi) is 3.50. The molecule has 1 aliphatic heterocycles. The Morgan fingerprint density at radius 3 is 2.74 bits per heavy atom. The molecule has 0 unspecified atom stereocenters. The molecule has 2 N–H and O–H groups in total. The van der Waals surface area contributed by atoms with Crippen LogP contribution in [0.15, 0.2) is 24.3 Å². The molecule has 0 radical (unpaired) electrons. The van der Waals surface area contributed by atoms with Gasteiger partial charge in [0.1, 0.15) is 5.75 Å². The monoisotopic (exact) mass is 261 g/mol. The summed E-state index contributed by atoms with van der Waals surface area (Å²) in [5.41, 5.74) is 0.819. The molecule has 1 saturated carbocycles. The van der Waals surface area contributed by atoms with Gasteiger partial charge in [-0.1, -0.05) is 25.0 Å². The first kappa shape index (κ1) is 12.9. The molecule has 19 heavy (non-hydrogen) atoms. The largest absolute Gasteiger partial charge is 0.497 e. The van der Waals surface area contributed by atoms with Crippen LogP contribution in [-0.2, 0) is 0 Å². The van der Waals surface area contributed by atoms with Crippen LogP contribution in [0.2, 0.25) is 0 Å². The highest BCUT2D eigenvalue weighted by atomic mass is 16.5. The summed E-state index contributed by atoms with van der Waals surface area (Å²) >= 11 is 0. The van der Waals surface area contributed by atoms with E-state index >= 15 is 0 Å². The Morgan fingerprint density at radius 2 is 2.00 bits per heavy atom. The number of piperidine rings is 1. The molecule has 1 aliphatic carbocycles. The highest BCUT2D eigenvalue weighted by Gasteiger charge is 2.45. The summed E-state index contributed by atoms with van der Waals surface area (Å²) in [6.07, 6.45) is 5.39. The van der Waals surface area contributed by atoms with Crippen LogP contribution in [0.3, 0.4) is 0 Å². The van der Waals surface area contributed by atoms with Crippen molar-refractivity contribution in [1.29, 1.82) is 0 Å². The Labute approximate surface area is 115 Å². The first-order valence-corrected chi connectivity index (χ1v) is 7.33. The zero-order chi connectivity index (χ0) is 13.3. The number of methoxy groups -OCH3 is 1. The lowest BCUT2D eigenvalue weighted by atomic mass is 9.67. The normalized spacial score (nSPS) is 34.6. The van der Waals surface area contributed by atoms with Gasteiger partial charge in [0.25, 0.3) is 0 Å². The average Bonchev–Trinajstić information content (AvgIpc) is 2.46. The molecule has 0 bridgehead atoms. The molecule has 2 aliphatic rings. The molecule has 1 aromatic rings. The van der Waals surface area contributed by atoms with E-state index in [2.05, 4.69) is 17.4 Å². The maximum atomic E-state index is 10.9. The zero-order valence-corrected chi connectivity index (χ0v) is 11.6. The Hall–Kier alpha value is -1.06. The zero-order valence-electron chi connectivity index (χ0n) is 11.6. The van der Waals surface area contributed by atoms with Gasteiger partial charge in [0, 0.05) is 12.0 Å². The summed E-state index contributed by atoms with van der Waals surface area (Å²) in [7, 11) is 1.69. The van der Waals surface area contributed by atoms with Gasteiger partial charge in [0.05, 0.1) is 12.7 Å². The van der Waals surface area contributed by atoms with Crippen molar-refractivity contribution >= 4 is 0 Å². The van der Waals surface area contributed by atoms with E-state index in [1.165, 1.54) is 18.4 Å². The number of fused-ring (bicyclic) bond motifs is 1. The van der Waals surface area contributed by atoms with Crippen LogP contribution in [0.5, 0.6) is 5.75 Å². The Morgan fingerprint density at radius 1 is 1.21 bits per heavy atom. The molecule has 2 fully saturated rings. The fourth-order valence-corrected chi connectivity index (χ4v) is 3.78. The summed E-state index contributed by atoms with van der Waals surface area (Å²) < 4.78 is 5.21. The summed E-state index contributed by atoms with van der Waals surface area (Å²) in [6, 6.07) is 8.54. The van der Waals surface area contributed by atoms with Crippen LogP contribution in [0.1, 0.15) is 43.7 Å². The standard InChI is InChI=1S/C16H23NO2/c1-19-13-7-5-12(6-8-13)15-14-4-2-3-9-16(14,18)10-11-17-15/h5-8,14-15,17-18H,2-4,9-11H2,1H3/t14-,15+,16-/m0/s1. The SMILES string of the molecule is COc1ccc([C@H]2NCC[C@@]3(O)CCCC[C@@H]23)cc1. The highest BCUT2D eigenvalue weighted by molar-refractivity contribution is 5.30. The van der Waals surface area contributed by atoms with Gasteiger partial charge in [0.15, 0.2) is 0 Å². The van der Waals surface area contributed by atoms with Gasteiger partial charge in [-0.3, -0.25) is 0 Å². The quantitative estimate of drug-likeness (QED) is 0.860. The molecule has 0 amide bonds. The van der Waals surface area contributed by atoms with Crippen molar-refractivity contribution < 1.29 is 9.84 Å². The second-order valence-electron chi connectivity index (χ2n) is 5.91. The molecular formula is C16H23NO2. The van der Waals surface area contributed by atoms with Crippen LogP contribution in [-0.4, -0.2) is 24.4 Å². The first-order chi connectivity index (χ1) is 9.23. The smallest absolute Gasteiger partial charge is 0.118 e. The van der Waals surface area contributed by atoms with Crippen molar-refractivity contribution in [2.24, 2.45) is 5.92 Å². The summed E-state index contributed by atoms with van der Waals surface area (Å²) in [6.45, 7) is 0.906. The molecule has 3 rings (SSSR count). The van der Waals surface area contributed by atoms with Crippen molar-refractivity contribution in [2.75, 3.05) is 13.7 Å².